The number of hydrogen-bond donors (Lipinski definition) is 2. The molecule has 0 aromatic heterocycles. The smallest absolute Gasteiger partial charge is 0.273 e. The molecule has 1 aromatic rings. The van der Waals surface area contributed by atoms with Crippen molar-refractivity contribution in [2.45, 2.75) is 18.1 Å². The Labute approximate surface area is 104 Å². The number of nitro groups is 1. The van der Waals surface area contributed by atoms with E-state index >= 15 is 0 Å². The molecule has 17 heavy (non-hydrogen) atoms. The second-order valence-corrected chi connectivity index (χ2v) is 5.49. The summed E-state index contributed by atoms with van der Waals surface area (Å²) >= 11 is 1.95. The summed E-state index contributed by atoms with van der Waals surface area (Å²) in [5.74, 6) is 1.21. The molecular formula is C11H15N3O2S. The molecule has 0 saturated carbocycles. The molecule has 1 atom stereocenters. The summed E-state index contributed by atoms with van der Waals surface area (Å²) in [5.41, 5.74) is 6.81. The highest BCUT2D eigenvalue weighted by atomic mass is 32.2. The summed E-state index contributed by atoms with van der Waals surface area (Å²) in [5, 5.41) is 14.5. The molecule has 1 unspecified atom stereocenters. The van der Waals surface area contributed by atoms with Gasteiger partial charge in [-0.15, -0.1) is 0 Å². The Morgan fingerprint density at radius 2 is 2.35 bits per heavy atom. The van der Waals surface area contributed by atoms with Gasteiger partial charge in [-0.1, -0.05) is 0 Å². The molecule has 6 heteroatoms. The minimum Gasteiger partial charge on any atom is -0.398 e. The second-order valence-electron chi connectivity index (χ2n) is 4.09. The lowest BCUT2D eigenvalue weighted by Gasteiger charge is -2.11. The van der Waals surface area contributed by atoms with Crippen LogP contribution in [0, 0.1) is 10.1 Å². The predicted octanol–water partition coefficient (Wildman–Crippen LogP) is 2.48. The number of nitro benzene ring substituents is 1. The number of hydrogen-bond acceptors (Lipinski definition) is 5. The molecule has 1 saturated heterocycles. The summed E-state index contributed by atoms with van der Waals surface area (Å²) < 4.78 is 0. The predicted molar refractivity (Wildman–Crippen MR) is 71.5 cm³/mol. The highest BCUT2D eigenvalue weighted by Gasteiger charge is 2.15. The molecule has 2 rings (SSSR count). The normalized spacial score (nSPS) is 19.2. The van der Waals surface area contributed by atoms with Crippen molar-refractivity contribution in [2.24, 2.45) is 0 Å². The quantitative estimate of drug-likeness (QED) is 0.489. The second kappa shape index (κ2) is 5.27. The van der Waals surface area contributed by atoms with E-state index in [1.165, 1.54) is 30.7 Å². The van der Waals surface area contributed by atoms with Crippen LogP contribution in [0.1, 0.15) is 12.8 Å². The van der Waals surface area contributed by atoms with Gasteiger partial charge in [-0.05, 0) is 24.7 Å². The first kappa shape index (κ1) is 12.0. The minimum absolute atomic E-state index is 0.0339. The van der Waals surface area contributed by atoms with E-state index in [1.807, 2.05) is 11.8 Å². The van der Waals surface area contributed by atoms with Gasteiger partial charge in [0.05, 0.1) is 4.92 Å². The van der Waals surface area contributed by atoms with E-state index in [-0.39, 0.29) is 5.69 Å². The van der Waals surface area contributed by atoms with Gasteiger partial charge in [0, 0.05) is 35.3 Å². The molecule has 0 radical (unpaired) electrons. The van der Waals surface area contributed by atoms with Gasteiger partial charge in [0.25, 0.3) is 5.69 Å². The third-order valence-electron chi connectivity index (χ3n) is 2.71. The van der Waals surface area contributed by atoms with Crippen LogP contribution in [-0.4, -0.2) is 22.5 Å². The van der Waals surface area contributed by atoms with Gasteiger partial charge in [0.2, 0.25) is 0 Å². The highest BCUT2D eigenvalue weighted by molar-refractivity contribution is 8.00. The summed E-state index contributed by atoms with van der Waals surface area (Å²) in [6.45, 7) is 0.839. The van der Waals surface area contributed by atoms with Gasteiger partial charge in [-0.25, -0.2) is 0 Å². The van der Waals surface area contributed by atoms with Crippen molar-refractivity contribution in [3.05, 3.63) is 28.3 Å². The first-order chi connectivity index (χ1) is 8.15. The van der Waals surface area contributed by atoms with E-state index in [0.29, 0.717) is 10.9 Å². The molecule has 0 spiro atoms. The van der Waals surface area contributed by atoms with Crippen LogP contribution in [0.4, 0.5) is 17.1 Å². The zero-order valence-corrected chi connectivity index (χ0v) is 10.2. The minimum atomic E-state index is -0.425. The van der Waals surface area contributed by atoms with E-state index in [2.05, 4.69) is 5.32 Å². The Kier molecular flexibility index (Phi) is 3.73. The molecule has 1 aromatic carbocycles. The maximum absolute atomic E-state index is 10.7. The molecule has 5 nitrogen and oxygen atoms in total. The number of anilines is 2. The van der Waals surface area contributed by atoms with Crippen LogP contribution >= 0.6 is 11.8 Å². The number of nitrogens with zero attached hydrogens (tertiary/aromatic N) is 1. The molecule has 0 aliphatic carbocycles. The number of nitrogens with two attached hydrogens (primary N) is 1. The number of non-ortho nitro benzene ring substituents is 1. The van der Waals surface area contributed by atoms with Gasteiger partial charge >= 0.3 is 0 Å². The van der Waals surface area contributed by atoms with E-state index in [4.69, 9.17) is 5.73 Å². The van der Waals surface area contributed by atoms with Crippen LogP contribution in [0.2, 0.25) is 0 Å². The lowest BCUT2D eigenvalue weighted by atomic mass is 10.2. The van der Waals surface area contributed by atoms with Crippen molar-refractivity contribution in [3.8, 4) is 0 Å². The van der Waals surface area contributed by atoms with Crippen molar-refractivity contribution in [1.29, 1.82) is 0 Å². The Bertz CT molecular complexity index is 419. The summed E-state index contributed by atoms with van der Waals surface area (Å²) in [6.07, 6.45) is 2.47. The average Bonchev–Trinajstić information content (AvgIpc) is 2.78. The van der Waals surface area contributed by atoms with Gasteiger partial charge in [-0.2, -0.15) is 11.8 Å². The Morgan fingerprint density at radius 1 is 1.53 bits per heavy atom. The topological polar surface area (TPSA) is 81.2 Å². The van der Waals surface area contributed by atoms with Crippen LogP contribution in [0.3, 0.4) is 0 Å². The summed E-state index contributed by atoms with van der Waals surface area (Å²) in [4.78, 5) is 10.3. The lowest BCUT2D eigenvalue weighted by Crippen LogP contribution is -2.13. The molecule has 92 valence electrons. The zero-order chi connectivity index (χ0) is 12.3. The Morgan fingerprint density at radius 3 is 3.00 bits per heavy atom. The molecule has 1 heterocycles. The van der Waals surface area contributed by atoms with Crippen LogP contribution in [0.25, 0.3) is 0 Å². The molecule has 1 aliphatic heterocycles. The average molecular weight is 253 g/mol. The molecular weight excluding hydrogens is 238 g/mol. The fraction of sp³-hybridized carbons (Fsp3) is 0.455. The SMILES string of the molecule is Nc1cc(NCC2CCCS2)cc([N+](=O)[O-])c1. The number of rotatable bonds is 4. The van der Waals surface area contributed by atoms with E-state index in [0.717, 1.165) is 12.2 Å². The maximum Gasteiger partial charge on any atom is 0.273 e. The van der Waals surface area contributed by atoms with E-state index in [9.17, 15) is 10.1 Å². The molecule has 0 bridgehead atoms. The third kappa shape index (κ3) is 3.26. The fourth-order valence-electron chi connectivity index (χ4n) is 1.88. The van der Waals surface area contributed by atoms with Crippen molar-refractivity contribution >= 4 is 28.8 Å². The fourth-order valence-corrected chi connectivity index (χ4v) is 3.08. The number of nitrogen functional groups attached to an aromatic ring is 1. The number of nitrogens with one attached hydrogen (secondary N) is 1. The monoisotopic (exact) mass is 253 g/mol. The van der Waals surface area contributed by atoms with Gasteiger partial charge in [0.1, 0.15) is 0 Å². The maximum atomic E-state index is 10.7. The Hall–Kier alpha value is -1.43. The van der Waals surface area contributed by atoms with Gasteiger partial charge in [-0.3, -0.25) is 10.1 Å². The van der Waals surface area contributed by atoms with Crippen molar-refractivity contribution in [2.75, 3.05) is 23.3 Å². The van der Waals surface area contributed by atoms with Crippen LogP contribution < -0.4 is 11.1 Å². The molecule has 3 N–H and O–H groups in total. The first-order valence-corrected chi connectivity index (χ1v) is 6.60. The van der Waals surface area contributed by atoms with Crippen LogP contribution in [0.15, 0.2) is 18.2 Å². The van der Waals surface area contributed by atoms with E-state index in [1.54, 1.807) is 6.07 Å². The molecule has 1 fully saturated rings. The third-order valence-corrected chi connectivity index (χ3v) is 4.11. The van der Waals surface area contributed by atoms with Crippen molar-refractivity contribution < 1.29 is 4.92 Å². The van der Waals surface area contributed by atoms with Crippen LogP contribution in [0.5, 0.6) is 0 Å². The van der Waals surface area contributed by atoms with Crippen LogP contribution in [-0.2, 0) is 0 Å². The first-order valence-electron chi connectivity index (χ1n) is 5.55. The molecule has 1 aliphatic rings. The van der Waals surface area contributed by atoms with E-state index < -0.39 is 4.92 Å². The molecule has 0 amide bonds. The highest BCUT2D eigenvalue weighted by Crippen LogP contribution is 2.27. The number of thioether (sulfide) groups is 1. The van der Waals surface area contributed by atoms with Gasteiger partial charge in [0.15, 0.2) is 0 Å². The van der Waals surface area contributed by atoms with Gasteiger partial charge < -0.3 is 11.1 Å². The standard InChI is InChI=1S/C11H15N3O2S/c12-8-4-9(6-10(5-8)14(15)16)13-7-11-2-1-3-17-11/h4-6,11,13H,1-3,7,12H2. The summed E-state index contributed by atoms with van der Waals surface area (Å²) in [6, 6.07) is 4.62. The van der Waals surface area contributed by atoms with Crippen molar-refractivity contribution in [3.63, 3.8) is 0 Å². The van der Waals surface area contributed by atoms with Crippen molar-refractivity contribution in [1.82, 2.24) is 0 Å². The largest absolute Gasteiger partial charge is 0.398 e. The number of benzene rings is 1. The summed E-state index contributed by atoms with van der Waals surface area (Å²) in [7, 11) is 0. The Balaban J connectivity index is 2.01. The zero-order valence-electron chi connectivity index (χ0n) is 9.39. The lowest BCUT2D eigenvalue weighted by molar-refractivity contribution is -0.384.